The van der Waals surface area contributed by atoms with Crippen molar-refractivity contribution in [1.82, 2.24) is 5.32 Å². The highest BCUT2D eigenvalue weighted by Gasteiger charge is 2.40. The molecule has 3 aromatic rings. The van der Waals surface area contributed by atoms with Crippen LogP contribution in [0.1, 0.15) is 15.9 Å². The average molecular weight is 361 g/mol. The van der Waals surface area contributed by atoms with Crippen LogP contribution in [-0.4, -0.2) is 25.7 Å². The number of amides is 1. The van der Waals surface area contributed by atoms with Crippen LogP contribution in [0.5, 0.6) is 0 Å². The first-order valence-corrected chi connectivity index (χ1v) is 8.94. The van der Waals surface area contributed by atoms with Crippen molar-refractivity contribution in [3.8, 4) is 11.1 Å². The van der Waals surface area contributed by atoms with Gasteiger partial charge in [0.25, 0.3) is 5.91 Å². The summed E-state index contributed by atoms with van der Waals surface area (Å²) in [6, 6.07) is 23.7. The molecule has 0 spiro atoms. The maximum atomic E-state index is 13.9. The first-order valence-electron chi connectivity index (χ1n) is 8.94. The minimum absolute atomic E-state index is 0.141. The van der Waals surface area contributed by atoms with Crippen LogP contribution in [0, 0.1) is 5.82 Å². The van der Waals surface area contributed by atoms with E-state index in [9.17, 15) is 9.18 Å². The zero-order chi connectivity index (χ0) is 18.7. The van der Waals surface area contributed by atoms with Crippen LogP contribution in [0.4, 0.5) is 4.39 Å². The molecule has 0 unspecified atom stereocenters. The van der Waals surface area contributed by atoms with E-state index in [0.717, 1.165) is 5.56 Å². The van der Waals surface area contributed by atoms with Crippen molar-refractivity contribution < 1.29 is 13.9 Å². The van der Waals surface area contributed by atoms with Crippen LogP contribution in [0.15, 0.2) is 78.9 Å². The van der Waals surface area contributed by atoms with Crippen molar-refractivity contribution in [3.63, 3.8) is 0 Å². The van der Waals surface area contributed by atoms with Crippen molar-refractivity contribution in [2.24, 2.45) is 0 Å². The number of carbonyl (C=O) groups is 1. The van der Waals surface area contributed by atoms with Gasteiger partial charge in [-0.2, -0.15) is 0 Å². The number of halogens is 1. The molecule has 3 nitrogen and oxygen atoms in total. The molecule has 1 aliphatic rings. The summed E-state index contributed by atoms with van der Waals surface area (Å²) in [5.41, 5.74) is 2.84. The summed E-state index contributed by atoms with van der Waals surface area (Å²) in [5.74, 6) is -0.415. The number of rotatable bonds is 5. The van der Waals surface area contributed by atoms with E-state index in [1.807, 2.05) is 18.2 Å². The van der Waals surface area contributed by atoms with Crippen molar-refractivity contribution in [2.45, 2.75) is 5.41 Å². The van der Waals surface area contributed by atoms with Crippen LogP contribution in [-0.2, 0) is 10.2 Å². The molecular formula is C23H20FNO2. The van der Waals surface area contributed by atoms with Gasteiger partial charge < -0.3 is 10.1 Å². The fourth-order valence-corrected chi connectivity index (χ4v) is 3.36. The number of hydrogen-bond acceptors (Lipinski definition) is 2. The first-order chi connectivity index (χ1) is 13.2. The molecule has 1 fully saturated rings. The summed E-state index contributed by atoms with van der Waals surface area (Å²) >= 11 is 0. The molecule has 0 aliphatic carbocycles. The predicted octanol–water partition coefficient (Wildman–Crippen LogP) is 4.19. The Kier molecular flexibility index (Phi) is 4.73. The fourth-order valence-electron chi connectivity index (χ4n) is 3.36. The second kappa shape index (κ2) is 7.33. The molecule has 1 N–H and O–H groups in total. The van der Waals surface area contributed by atoms with Gasteiger partial charge in [-0.15, -0.1) is 0 Å². The molecule has 136 valence electrons. The number of carbonyl (C=O) groups excluding carboxylic acids is 1. The van der Waals surface area contributed by atoms with E-state index >= 15 is 0 Å². The Morgan fingerprint density at radius 3 is 2.22 bits per heavy atom. The normalized spacial score (nSPS) is 15.0. The third kappa shape index (κ3) is 3.49. The van der Waals surface area contributed by atoms with Gasteiger partial charge in [0, 0.05) is 17.7 Å². The predicted molar refractivity (Wildman–Crippen MR) is 103 cm³/mol. The van der Waals surface area contributed by atoms with Gasteiger partial charge in [-0.25, -0.2) is 4.39 Å². The largest absolute Gasteiger partial charge is 0.379 e. The number of benzene rings is 3. The maximum absolute atomic E-state index is 13.9. The molecule has 0 aromatic heterocycles. The lowest BCUT2D eigenvalue weighted by molar-refractivity contribution is -0.0580. The Morgan fingerprint density at radius 2 is 1.59 bits per heavy atom. The summed E-state index contributed by atoms with van der Waals surface area (Å²) in [6.07, 6.45) is 0. The van der Waals surface area contributed by atoms with Crippen molar-refractivity contribution >= 4 is 5.91 Å². The molecule has 27 heavy (non-hydrogen) atoms. The van der Waals surface area contributed by atoms with Crippen LogP contribution >= 0.6 is 0 Å². The molecule has 0 saturated carbocycles. The molecular weight excluding hydrogens is 341 g/mol. The molecule has 0 radical (unpaired) electrons. The maximum Gasteiger partial charge on any atom is 0.251 e. The Labute approximate surface area is 157 Å². The lowest BCUT2D eigenvalue weighted by atomic mass is 9.78. The van der Waals surface area contributed by atoms with E-state index in [1.165, 1.54) is 11.6 Å². The zero-order valence-corrected chi connectivity index (χ0v) is 14.8. The van der Waals surface area contributed by atoms with Crippen molar-refractivity contribution in [2.75, 3.05) is 19.8 Å². The van der Waals surface area contributed by atoms with E-state index in [2.05, 4.69) is 17.4 Å². The van der Waals surface area contributed by atoms with Gasteiger partial charge >= 0.3 is 0 Å². The number of ether oxygens (including phenoxy) is 1. The fraction of sp³-hybridized carbons (Fsp3) is 0.174. The second-order valence-corrected chi connectivity index (χ2v) is 6.88. The molecule has 4 heteroatoms. The number of nitrogens with one attached hydrogen (secondary N) is 1. The van der Waals surface area contributed by atoms with Gasteiger partial charge in [-0.05, 0) is 29.3 Å². The highest BCUT2D eigenvalue weighted by molar-refractivity contribution is 5.94. The lowest BCUT2D eigenvalue weighted by Gasteiger charge is -2.42. The summed E-state index contributed by atoms with van der Waals surface area (Å²) < 4.78 is 19.3. The molecule has 3 aromatic carbocycles. The van der Waals surface area contributed by atoms with E-state index < -0.39 is 0 Å². The Morgan fingerprint density at radius 1 is 0.926 bits per heavy atom. The van der Waals surface area contributed by atoms with Gasteiger partial charge in [-0.1, -0.05) is 60.7 Å². The van der Waals surface area contributed by atoms with Crippen LogP contribution < -0.4 is 5.32 Å². The second-order valence-electron chi connectivity index (χ2n) is 6.88. The highest BCUT2D eigenvalue weighted by Crippen LogP contribution is 2.31. The van der Waals surface area contributed by atoms with Crippen LogP contribution in [0.25, 0.3) is 11.1 Å². The Bertz CT molecular complexity index is 934. The zero-order valence-electron chi connectivity index (χ0n) is 14.8. The third-order valence-corrected chi connectivity index (χ3v) is 5.06. The SMILES string of the molecule is O=C(NCC1(c2ccccc2)COC1)c1ccc(-c2ccccc2F)cc1. The van der Waals surface area contributed by atoms with Gasteiger partial charge in [0.15, 0.2) is 0 Å². The van der Waals surface area contributed by atoms with Gasteiger partial charge in [0.2, 0.25) is 0 Å². The lowest BCUT2D eigenvalue weighted by Crippen LogP contribution is -2.54. The minimum Gasteiger partial charge on any atom is -0.379 e. The Hall–Kier alpha value is -2.98. The molecule has 1 heterocycles. The van der Waals surface area contributed by atoms with Crippen molar-refractivity contribution in [3.05, 3.63) is 95.8 Å². The molecule has 4 rings (SSSR count). The smallest absolute Gasteiger partial charge is 0.251 e. The molecule has 1 saturated heterocycles. The highest BCUT2D eigenvalue weighted by atomic mass is 19.1. The Balaban J connectivity index is 1.45. The topological polar surface area (TPSA) is 38.3 Å². The summed E-state index contributed by atoms with van der Waals surface area (Å²) in [6.45, 7) is 1.72. The first kappa shape index (κ1) is 17.4. The van der Waals surface area contributed by atoms with Gasteiger partial charge in [-0.3, -0.25) is 4.79 Å². The quantitative estimate of drug-likeness (QED) is 0.740. The third-order valence-electron chi connectivity index (χ3n) is 5.06. The molecule has 1 amide bonds. The average Bonchev–Trinajstić information content (AvgIpc) is 2.68. The van der Waals surface area contributed by atoms with E-state index in [0.29, 0.717) is 30.9 Å². The van der Waals surface area contributed by atoms with Crippen LogP contribution in [0.3, 0.4) is 0 Å². The minimum atomic E-state index is -0.274. The summed E-state index contributed by atoms with van der Waals surface area (Å²) in [4.78, 5) is 12.6. The van der Waals surface area contributed by atoms with Gasteiger partial charge in [0.05, 0.1) is 18.6 Å². The van der Waals surface area contributed by atoms with Crippen LogP contribution in [0.2, 0.25) is 0 Å². The van der Waals surface area contributed by atoms with E-state index in [-0.39, 0.29) is 17.1 Å². The van der Waals surface area contributed by atoms with Crippen molar-refractivity contribution in [1.29, 1.82) is 0 Å². The molecule has 1 aliphatic heterocycles. The van der Waals surface area contributed by atoms with E-state index in [4.69, 9.17) is 4.74 Å². The summed E-state index contributed by atoms with van der Waals surface area (Å²) in [5, 5.41) is 3.02. The molecule has 0 atom stereocenters. The number of hydrogen-bond donors (Lipinski definition) is 1. The summed E-state index contributed by atoms with van der Waals surface area (Å²) in [7, 11) is 0. The monoisotopic (exact) mass is 361 g/mol. The standard InChI is InChI=1S/C23H20FNO2/c24-21-9-5-4-8-20(21)17-10-12-18(13-11-17)22(26)25-14-23(15-27-16-23)19-6-2-1-3-7-19/h1-13H,14-16H2,(H,25,26). The van der Waals surface area contributed by atoms with E-state index in [1.54, 1.807) is 42.5 Å². The molecule has 0 bridgehead atoms. The van der Waals surface area contributed by atoms with Gasteiger partial charge in [0.1, 0.15) is 5.82 Å².